The standard InChI is InChI=1S/C12H14BrF2NOS2/c13-2-3-16(6-11(14)15)12(17)10-5-8-7-18-4-1-9(8)19-10/h5,11H,1-4,6-7H2. The first kappa shape index (κ1) is 15.3. The van der Waals surface area contributed by atoms with Gasteiger partial charge in [0.25, 0.3) is 12.3 Å². The molecule has 2 heterocycles. The maximum Gasteiger partial charge on any atom is 0.264 e. The molecule has 1 aliphatic rings. The fraction of sp³-hybridized carbons (Fsp3) is 0.583. The van der Waals surface area contributed by atoms with Gasteiger partial charge in [-0.05, 0) is 23.8 Å². The largest absolute Gasteiger partial charge is 0.331 e. The van der Waals surface area contributed by atoms with Crippen molar-refractivity contribution in [2.75, 3.05) is 24.2 Å². The molecule has 0 radical (unpaired) electrons. The maximum atomic E-state index is 12.5. The molecule has 1 amide bonds. The third-order valence-corrected chi connectivity index (χ3v) is 5.43. The van der Waals surface area contributed by atoms with E-state index < -0.39 is 13.0 Å². The molecule has 0 atom stereocenters. The number of alkyl halides is 3. The summed E-state index contributed by atoms with van der Waals surface area (Å²) in [6, 6.07) is 1.88. The Labute approximate surface area is 127 Å². The van der Waals surface area contributed by atoms with Gasteiger partial charge in [0.05, 0.1) is 11.4 Å². The first-order chi connectivity index (χ1) is 9.11. The van der Waals surface area contributed by atoms with E-state index in [1.807, 2.05) is 17.8 Å². The Morgan fingerprint density at radius 2 is 2.32 bits per heavy atom. The van der Waals surface area contributed by atoms with Crippen LogP contribution < -0.4 is 0 Å². The van der Waals surface area contributed by atoms with Gasteiger partial charge in [0.2, 0.25) is 0 Å². The van der Waals surface area contributed by atoms with Crippen molar-refractivity contribution in [3.8, 4) is 0 Å². The molecule has 0 fully saturated rings. The smallest absolute Gasteiger partial charge is 0.264 e. The number of carbonyl (C=O) groups is 1. The lowest BCUT2D eigenvalue weighted by molar-refractivity contribution is 0.0576. The average molecular weight is 370 g/mol. The normalized spacial score (nSPS) is 14.5. The van der Waals surface area contributed by atoms with Crippen molar-refractivity contribution >= 4 is 44.9 Å². The summed E-state index contributed by atoms with van der Waals surface area (Å²) < 4.78 is 25.0. The quantitative estimate of drug-likeness (QED) is 0.738. The van der Waals surface area contributed by atoms with Crippen molar-refractivity contribution in [1.29, 1.82) is 0 Å². The molecular weight excluding hydrogens is 356 g/mol. The Bertz CT molecular complexity index is 429. The van der Waals surface area contributed by atoms with Crippen LogP contribution in [0.25, 0.3) is 0 Å². The molecule has 0 saturated carbocycles. The van der Waals surface area contributed by atoms with Crippen LogP contribution in [0.2, 0.25) is 0 Å². The highest BCUT2D eigenvalue weighted by atomic mass is 79.9. The molecule has 0 spiro atoms. The summed E-state index contributed by atoms with van der Waals surface area (Å²) in [6.45, 7) is -0.192. The van der Waals surface area contributed by atoms with Crippen LogP contribution in [0.5, 0.6) is 0 Å². The Morgan fingerprint density at radius 1 is 1.53 bits per heavy atom. The van der Waals surface area contributed by atoms with Gasteiger partial charge in [0, 0.05) is 22.5 Å². The topological polar surface area (TPSA) is 20.3 Å². The molecular formula is C12H14BrF2NOS2. The number of hydrogen-bond acceptors (Lipinski definition) is 3. The lowest BCUT2D eigenvalue weighted by Crippen LogP contribution is -2.36. The molecule has 2 nitrogen and oxygen atoms in total. The molecule has 19 heavy (non-hydrogen) atoms. The van der Waals surface area contributed by atoms with E-state index in [0.717, 1.165) is 17.9 Å². The molecule has 1 aliphatic heterocycles. The van der Waals surface area contributed by atoms with Crippen LogP contribution in [0.4, 0.5) is 8.78 Å². The van der Waals surface area contributed by atoms with E-state index in [-0.39, 0.29) is 5.91 Å². The third kappa shape index (κ3) is 3.92. The van der Waals surface area contributed by atoms with Crippen molar-refractivity contribution in [3.63, 3.8) is 0 Å². The van der Waals surface area contributed by atoms with Gasteiger partial charge in [-0.3, -0.25) is 4.79 Å². The van der Waals surface area contributed by atoms with Gasteiger partial charge < -0.3 is 4.90 Å². The highest BCUT2D eigenvalue weighted by Gasteiger charge is 2.23. The summed E-state index contributed by atoms with van der Waals surface area (Å²) in [7, 11) is 0. The monoisotopic (exact) mass is 369 g/mol. The van der Waals surface area contributed by atoms with E-state index in [9.17, 15) is 13.6 Å². The fourth-order valence-corrected chi connectivity index (χ4v) is 4.72. The number of thiophene rings is 1. The summed E-state index contributed by atoms with van der Waals surface area (Å²) in [6.07, 6.45) is -1.52. The first-order valence-electron chi connectivity index (χ1n) is 5.94. The van der Waals surface area contributed by atoms with Gasteiger partial charge in [-0.2, -0.15) is 11.8 Å². The number of aryl methyl sites for hydroxylation is 1. The summed E-state index contributed by atoms with van der Waals surface area (Å²) >= 11 is 6.51. The number of hydrogen-bond donors (Lipinski definition) is 0. The van der Waals surface area contributed by atoms with Gasteiger partial charge >= 0.3 is 0 Å². The minimum absolute atomic E-state index is 0.274. The van der Waals surface area contributed by atoms with Crippen molar-refractivity contribution in [1.82, 2.24) is 4.90 Å². The Hall–Kier alpha value is -0.140. The van der Waals surface area contributed by atoms with Gasteiger partial charge in [-0.25, -0.2) is 8.78 Å². The number of fused-ring (bicyclic) bond motifs is 1. The molecule has 0 unspecified atom stereocenters. The average Bonchev–Trinajstić information content (AvgIpc) is 2.80. The summed E-state index contributed by atoms with van der Waals surface area (Å²) in [5.41, 5.74) is 1.19. The van der Waals surface area contributed by atoms with Crippen LogP contribution in [0.3, 0.4) is 0 Å². The molecule has 1 aromatic rings. The minimum Gasteiger partial charge on any atom is -0.331 e. The fourth-order valence-electron chi connectivity index (χ4n) is 1.95. The highest BCUT2D eigenvalue weighted by molar-refractivity contribution is 9.09. The third-order valence-electron chi connectivity index (χ3n) is 2.84. The molecule has 7 heteroatoms. The maximum absolute atomic E-state index is 12.5. The van der Waals surface area contributed by atoms with Crippen LogP contribution in [0.1, 0.15) is 20.1 Å². The second-order valence-electron chi connectivity index (χ2n) is 4.19. The van der Waals surface area contributed by atoms with Gasteiger partial charge in [0.1, 0.15) is 0 Å². The summed E-state index contributed by atoms with van der Waals surface area (Å²) in [5, 5.41) is 0.506. The van der Waals surface area contributed by atoms with Crippen LogP contribution in [0, 0.1) is 0 Å². The van der Waals surface area contributed by atoms with Crippen LogP contribution in [-0.4, -0.2) is 41.4 Å². The molecule has 0 bridgehead atoms. The van der Waals surface area contributed by atoms with E-state index in [1.54, 1.807) is 0 Å². The molecule has 1 aromatic heterocycles. The second kappa shape index (κ2) is 7.04. The van der Waals surface area contributed by atoms with Gasteiger partial charge in [-0.15, -0.1) is 11.3 Å². The molecule has 0 aromatic carbocycles. The predicted octanol–water partition coefficient (Wildman–Crippen LogP) is 3.64. The van der Waals surface area contributed by atoms with Crippen LogP contribution in [0.15, 0.2) is 6.07 Å². The number of halogens is 3. The summed E-state index contributed by atoms with van der Waals surface area (Å²) in [4.78, 5) is 15.3. The van der Waals surface area contributed by atoms with Crippen molar-refractivity contribution in [3.05, 3.63) is 21.4 Å². The van der Waals surface area contributed by atoms with E-state index in [1.165, 1.54) is 26.7 Å². The summed E-state index contributed by atoms with van der Waals surface area (Å²) in [5.74, 6) is 1.72. The number of rotatable bonds is 5. The number of thioether (sulfide) groups is 1. The second-order valence-corrected chi connectivity index (χ2v) is 7.23. The lowest BCUT2D eigenvalue weighted by Gasteiger charge is -2.20. The zero-order chi connectivity index (χ0) is 13.8. The first-order valence-corrected chi connectivity index (χ1v) is 9.03. The predicted molar refractivity (Wildman–Crippen MR) is 79.9 cm³/mol. The molecule has 106 valence electrons. The van der Waals surface area contributed by atoms with E-state index in [0.29, 0.717) is 16.8 Å². The number of amides is 1. The van der Waals surface area contributed by atoms with Gasteiger partial charge in [-0.1, -0.05) is 15.9 Å². The Balaban J connectivity index is 2.13. The molecule has 0 saturated heterocycles. The Kier molecular flexibility index (Phi) is 5.65. The molecule has 2 rings (SSSR count). The zero-order valence-corrected chi connectivity index (χ0v) is 13.4. The van der Waals surface area contributed by atoms with Crippen molar-refractivity contribution < 1.29 is 13.6 Å². The number of carbonyl (C=O) groups excluding carboxylic acids is 1. The highest BCUT2D eigenvalue weighted by Crippen LogP contribution is 2.32. The van der Waals surface area contributed by atoms with E-state index in [4.69, 9.17) is 0 Å². The lowest BCUT2D eigenvalue weighted by atomic mass is 10.2. The minimum atomic E-state index is -2.49. The Morgan fingerprint density at radius 3 is 2.95 bits per heavy atom. The van der Waals surface area contributed by atoms with Crippen LogP contribution in [-0.2, 0) is 12.2 Å². The SMILES string of the molecule is O=C(c1cc2c(s1)CCSC2)N(CCBr)CC(F)F. The zero-order valence-electron chi connectivity index (χ0n) is 10.2. The number of nitrogens with zero attached hydrogens (tertiary/aromatic N) is 1. The van der Waals surface area contributed by atoms with Gasteiger partial charge in [0.15, 0.2) is 0 Å². The van der Waals surface area contributed by atoms with Crippen LogP contribution >= 0.6 is 39.0 Å². The molecule has 0 N–H and O–H groups in total. The van der Waals surface area contributed by atoms with E-state index in [2.05, 4.69) is 15.9 Å². The van der Waals surface area contributed by atoms with E-state index >= 15 is 0 Å². The van der Waals surface area contributed by atoms with Crippen molar-refractivity contribution in [2.45, 2.75) is 18.6 Å². The van der Waals surface area contributed by atoms with Crippen molar-refractivity contribution in [2.24, 2.45) is 0 Å². The molecule has 0 aliphatic carbocycles.